The van der Waals surface area contributed by atoms with Crippen molar-refractivity contribution in [3.8, 4) is 0 Å². The van der Waals surface area contributed by atoms with Crippen LogP contribution in [0.4, 0.5) is 0 Å². The Morgan fingerprint density at radius 2 is 2.41 bits per heavy atom. The number of rotatable bonds is 4. The number of furan rings is 1. The zero-order valence-electron chi connectivity index (χ0n) is 10.3. The molecular formula is C13H19NO3. The summed E-state index contributed by atoms with van der Waals surface area (Å²) < 4.78 is 5.30. The molecule has 1 N–H and O–H groups in total. The van der Waals surface area contributed by atoms with Crippen LogP contribution in [-0.2, 0) is 11.3 Å². The summed E-state index contributed by atoms with van der Waals surface area (Å²) in [6.07, 6.45) is 2.37. The van der Waals surface area contributed by atoms with Crippen molar-refractivity contribution in [2.75, 3.05) is 13.1 Å². The second kappa shape index (κ2) is 4.53. The Bertz CT molecular complexity index is 385. The number of carboxylic acid groups (broad SMARTS) is 1. The Hall–Kier alpha value is -1.29. The van der Waals surface area contributed by atoms with Crippen LogP contribution in [0.25, 0.3) is 0 Å². The fourth-order valence-corrected chi connectivity index (χ4v) is 2.57. The van der Waals surface area contributed by atoms with Crippen LogP contribution in [0.5, 0.6) is 0 Å². The molecule has 2 rings (SSSR count). The highest BCUT2D eigenvalue weighted by Gasteiger charge is 2.47. The summed E-state index contributed by atoms with van der Waals surface area (Å²) >= 11 is 0. The zero-order chi connectivity index (χ0) is 12.5. The van der Waals surface area contributed by atoms with E-state index < -0.39 is 11.4 Å². The van der Waals surface area contributed by atoms with Gasteiger partial charge in [-0.3, -0.25) is 9.69 Å². The first-order valence-electron chi connectivity index (χ1n) is 6.03. The molecule has 2 heterocycles. The second-order valence-electron chi connectivity index (χ2n) is 5.16. The Labute approximate surface area is 101 Å². The molecule has 0 amide bonds. The van der Waals surface area contributed by atoms with Gasteiger partial charge >= 0.3 is 5.97 Å². The number of likely N-dealkylation sites (tertiary alicyclic amines) is 1. The summed E-state index contributed by atoms with van der Waals surface area (Å²) in [7, 11) is 0. The first-order chi connectivity index (χ1) is 8.04. The van der Waals surface area contributed by atoms with E-state index in [2.05, 4.69) is 4.90 Å². The van der Waals surface area contributed by atoms with Gasteiger partial charge in [-0.15, -0.1) is 0 Å². The Kier molecular flexibility index (Phi) is 3.24. The maximum atomic E-state index is 11.5. The third-order valence-corrected chi connectivity index (χ3v) is 3.87. The maximum Gasteiger partial charge on any atom is 0.311 e. The van der Waals surface area contributed by atoms with Crippen molar-refractivity contribution in [3.63, 3.8) is 0 Å². The van der Waals surface area contributed by atoms with E-state index in [1.54, 1.807) is 6.26 Å². The lowest BCUT2D eigenvalue weighted by Crippen LogP contribution is -2.39. The molecule has 0 bridgehead atoms. The van der Waals surface area contributed by atoms with Gasteiger partial charge in [0.05, 0.1) is 18.2 Å². The number of hydrogen-bond acceptors (Lipinski definition) is 3. The number of carbonyl (C=O) groups is 1. The molecule has 1 aliphatic rings. The second-order valence-corrected chi connectivity index (χ2v) is 5.16. The fraction of sp³-hybridized carbons (Fsp3) is 0.615. The zero-order valence-corrected chi connectivity index (χ0v) is 10.3. The summed E-state index contributed by atoms with van der Waals surface area (Å²) in [6.45, 7) is 6.12. The molecule has 0 aromatic carbocycles. The van der Waals surface area contributed by atoms with Gasteiger partial charge < -0.3 is 9.52 Å². The van der Waals surface area contributed by atoms with E-state index in [9.17, 15) is 9.90 Å². The average molecular weight is 237 g/mol. The molecule has 0 spiro atoms. The lowest BCUT2D eigenvalue weighted by atomic mass is 9.76. The summed E-state index contributed by atoms with van der Waals surface area (Å²) in [5.41, 5.74) is -0.591. The first-order valence-corrected chi connectivity index (χ1v) is 6.03. The molecule has 1 aliphatic heterocycles. The van der Waals surface area contributed by atoms with Crippen molar-refractivity contribution < 1.29 is 14.3 Å². The van der Waals surface area contributed by atoms with Crippen molar-refractivity contribution in [2.45, 2.75) is 26.8 Å². The Morgan fingerprint density at radius 3 is 2.88 bits per heavy atom. The minimum atomic E-state index is -0.672. The van der Waals surface area contributed by atoms with E-state index in [0.29, 0.717) is 13.1 Å². The summed E-state index contributed by atoms with van der Waals surface area (Å²) in [4.78, 5) is 13.6. The van der Waals surface area contributed by atoms with Crippen molar-refractivity contribution >= 4 is 5.97 Å². The molecule has 1 unspecified atom stereocenters. The normalized spacial score (nSPS) is 25.6. The van der Waals surface area contributed by atoms with E-state index in [1.165, 1.54) is 0 Å². The van der Waals surface area contributed by atoms with Crippen LogP contribution in [0.3, 0.4) is 0 Å². The number of nitrogens with zero attached hydrogens (tertiary/aromatic N) is 1. The van der Waals surface area contributed by atoms with Crippen molar-refractivity contribution in [1.82, 2.24) is 4.90 Å². The van der Waals surface area contributed by atoms with Crippen LogP contribution >= 0.6 is 0 Å². The maximum absolute atomic E-state index is 11.5. The van der Waals surface area contributed by atoms with Crippen LogP contribution in [0.15, 0.2) is 22.8 Å². The van der Waals surface area contributed by atoms with Crippen LogP contribution < -0.4 is 0 Å². The largest absolute Gasteiger partial charge is 0.481 e. The first kappa shape index (κ1) is 12.2. The Balaban J connectivity index is 2.05. The summed E-state index contributed by atoms with van der Waals surface area (Å²) in [6, 6.07) is 3.79. The molecule has 0 aliphatic carbocycles. The molecular weight excluding hydrogens is 218 g/mol. The third kappa shape index (κ3) is 2.22. The van der Waals surface area contributed by atoms with E-state index in [0.717, 1.165) is 18.7 Å². The molecule has 1 aromatic rings. The molecule has 1 atom stereocenters. The van der Waals surface area contributed by atoms with Gasteiger partial charge in [0.1, 0.15) is 5.76 Å². The lowest BCUT2D eigenvalue weighted by Gasteiger charge is -2.28. The molecule has 1 fully saturated rings. The van der Waals surface area contributed by atoms with Gasteiger partial charge in [0.15, 0.2) is 0 Å². The SMILES string of the molecule is CC(C)C1(C(=O)O)CCN(Cc2ccco2)C1. The molecule has 0 saturated carbocycles. The van der Waals surface area contributed by atoms with Gasteiger partial charge in [0, 0.05) is 6.54 Å². The topological polar surface area (TPSA) is 53.7 Å². The smallest absolute Gasteiger partial charge is 0.311 e. The van der Waals surface area contributed by atoms with Crippen LogP contribution in [0.2, 0.25) is 0 Å². The highest BCUT2D eigenvalue weighted by atomic mass is 16.4. The van der Waals surface area contributed by atoms with Gasteiger partial charge in [0.25, 0.3) is 0 Å². The summed E-state index contributed by atoms with van der Waals surface area (Å²) in [5, 5.41) is 9.43. The lowest BCUT2D eigenvalue weighted by molar-refractivity contribution is -0.151. The highest BCUT2D eigenvalue weighted by molar-refractivity contribution is 5.75. The molecule has 4 heteroatoms. The van der Waals surface area contributed by atoms with Gasteiger partial charge in [-0.1, -0.05) is 13.8 Å². The van der Waals surface area contributed by atoms with Crippen LogP contribution in [0.1, 0.15) is 26.0 Å². The molecule has 17 heavy (non-hydrogen) atoms. The third-order valence-electron chi connectivity index (χ3n) is 3.87. The van der Waals surface area contributed by atoms with Crippen LogP contribution in [-0.4, -0.2) is 29.1 Å². The van der Waals surface area contributed by atoms with Crippen molar-refractivity contribution in [1.29, 1.82) is 0 Å². The van der Waals surface area contributed by atoms with Crippen molar-refractivity contribution in [3.05, 3.63) is 24.2 Å². The predicted octanol–water partition coefficient (Wildman–Crippen LogP) is 2.21. The van der Waals surface area contributed by atoms with Crippen LogP contribution in [0, 0.1) is 11.3 Å². The molecule has 0 radical (unpaired) electrons. The molecule has 4 nitrogen and oxygen atoms in total. The highest BCUT2D eigenvalue weighted by Crippen LogP contribution is 2.38. The molecule has 1 aromatic heterocycles. The quantitative estimate of drug-likeness (QED) is 0.872. The molecule has 1 saturated heterocycles. The predicted molar refractivity (Wildman–Crippen MR) is 63.5 cm³/mol. The minimum absolute atomic E-state index is 0.154. The van der Waals surface area contributed by atoms with E-state index in [1.807, 2.05) is 26.0 Å². The molecule has 94 valence electrons. The average Bonchev–Trinajstić information content (AvgIpc) is 2.87. The minimum Gasteiger partial charge on any atom is -0.481 e. The Morgan fingerprint density at radius 1 is 1.65 bits per heavy atom. The van der Waals surface area contributed by atoms with Gasteiger partial charge in [0.2, 0.25) is 0 Å². The summed E-state index contributed by atoms with van der Waals surface area (Å²) in [5.74, 6) is 0.381. The van der Waals surface area contributed by atoms with Gasteiger partial charge in [-0.25, -0.2) is 0 Å². The monoisotopic (exact) mass is 237 g/mol. The van der Waals surface area contributed by atoms with E-state index in [-0.39, 0.29) is 5.92 Å². The van der Waals surface area contributed by atoms with E-state index in [4.69, 9.17) is 4.42 Å². The number of hydrogen-bond donors (Lipinski definition) is 1. The number of carboxylic acids is 1. The van der Waals surface area contributed by atoms with E-state index >= 15 is 0 Å². The van der Waals surface area contributed by atoms with Gasteiger partial charge in [-0.05, 0) is 31.0 Å². The number of aliphatic carboxylic acids is 1. The van der Waals surface area contributed by atoms with Crippen molar-refractivity contribution in [2.24, 2.45) is 11.3 Å². The fourth-order valence-electron chi connectivity index (χ4n) is 2.57. The van der Waals surface area contributed by atoms with Gasteiger partial charge in [-0.2, -0.15) is 0 Å². The standard InChI is InChI=1S/C13H19NO3/c1-10(2)13(12(15)16)5-6-14(9-13)8-11-4-3-7-17-11/h3-4,7,10H,5-6,8-9H2,1-2H3,(H,15,16).